The number of nitrogens with zero attached hydrogens (tertiary/aromatic N) is 1. The summed E-state index contributed by atoms with van der Waals surface area (Å²) in [6.45, 7) is 12.3. The Bertz CT molecular complexity index is 241. The Morgan fingerprint density at radius 2 is 1.72 bits per heavy atom. The Labute approximate surface area is 114 Å². The van der Waals surface area contributed by atoms with Crippen LogP contribution >= 0.6 is 0 Å². The van der Waals surface area contributed by atoms with Gasteiger partial charge in [-0.15, -0.1) is 0 Å². The van der Waals surface area contributed by atoms with Crippen LogP contribution in [0.1, 0.15) is 59.3 Å². The standard InChI is InChI=1S/C16H32N2/c1-14-12-16(2,3)13-15(14)17-8-11-18-9-6-4-5-7-10-18/h14-15,17H,4-13H2,1-3H3. The van der Waals surface area contributed by atoms with E-state index in [1.807, 2.05) is 0 Å². The molecule has 0 aromatic rings. The molecule has 0 amide bonds. The van der Waals surface area contributed by atoms with E-state index in [0.717, 1.165) is 12.0 Å². The zero-order valence-electron chi connectivity index (χ0n) is 12.7. The van der Waals surface area contributed by atoms with Gasteiger partial charge in [-0.2, -0.15) is 0 Å². The van der Waals surface area contributed by atoms with Crippen LogP contribution in [0, 0.1) is 11.3 Å². The molecule has 1 saturated heterocycles. The summed E-state index contributed by atoms with van der Waals surface area (Å²) in [5.74, 6) is 0.851. The molecule has 1 aliphatic carbocycles. The van der Waals surface area contributed by atoms with Crippen LogP contribution in [0.2, 0.25) is 0 Å². The molecule has 2 atom stereocenters. The molecule has 2 nitrogen and oxygen atoms in total. The van der Waals surface area contributed by atoms with Gasteiger partial charge in [-0.05, 0) is 50.1 Å². The van der Waals surface area contributed by atoms with E-state index in [0.29, 0.717) is 5.41 Å². The number of hydrogen-bond acceptors (Lipinski definition) is 2. The lowest BCUT2D eigenvalue weighted by molar-refractivity contribution is 0.273. The Morgan fingerprint density at radius 3 is 2.28 bits per heavy atom. The lowest BCUT2D eigenvalue weighted by atomic mass is 9.91. The number of nitrogens with one attached hydrogen (secondary N) is 1. The van der Waals surface area contributed by atoms with E-state index in [-0.39, 0.29) is 0 Å². The predicted octanol–water partition coefficient (Wildman–Crippen LogP) is 3.28. The average molecular weight is 252 g/mol. The lowest BCUT2D eigenvalue weighted by Gasteiger charge is -2.23. The molecule has 0 spiro atoms. The van der Waals surface area contributed by atoms with E-state index < -0.39 is 0 Å². The Balaban J connectivity index is 1.65. The van der Waals surface area contributed by atoms with Crippen molar-refractivity contribution in [1.82, 2.24) is 10.2 Å². The normalized spacial score (nSPS) is 33.5. The zero-order chi connectivity index (χ0) is 13.0. The van der Waals surface area contributed by atoms with E-state index in [1.165, 1.54) is 64.7 Å². The van der Waals surface area contributed by atoms with Gasteiger partial charge < -0.3 is 10.2 Å². The first-order valence-electron chi connectivity index (χ1n) is 8.03. The third kappa shape index (κ3) is 4.24. The van der Waals surface area contributed by atoms with Crippen molar-refractivity contribution in [3.8, 4) is 0 Å². The van der Waals surface area contributed by atoms with Crippen LogP contribution in [-0.4, -0.2) is 37.1 Å². The quantitative estimate of drug-likeness (QED) is 0.826. The highest BCUT2D eigenvalue weighted by Crippen LogP contribution is 2.40. The largest absolute Gasteiger partial charge is 0.312 e. The van der Waals surface area contributed by atoms with Crippen LogP contribution in [0.4, 0.5) is 0 Å². The predicted molar refractivity (Wildman–Crippen MR) is 78.9 cm³/mol. The van der Waals surface area contributed by atoms with Crippen LogP contribution in [0.15, 0.2) is 0 Å². The summed E-state index contributed by atoms with van der Waals surface area (Å²) >= 11 is 0. The van der Waals surface area contributed by atoms with Gasteiger partial charge in [-0.3, -0.25) is 0 Å². The third-order valence-electron chi connectivity index (χ3n) is 4.87. The van der Waals surface area contributed by atoms with Crippen molar-refractivity contribution in [3.05, 3.63) is 0 Å². The Morgan fingerprint density at radius 1 is 1.06 bits per heavy atom. The number of hydrogen-bond donors (Lipinski definition) is 1. The molecule has 2 fully saturated rings. The first-order chi connectivity index (χ1) is 8.57. The van der Waals surface area contributed by atoms with Crippen molar-refractivity contribution in [2.45, 2.75) is 65.3 Å². The van der Waals surface area contributed by atoms with Crippen LogP contribution in [-0.2, 0) is 0 Å². The Hall–Kier alpha value is -0.0800. The number of rotatable bonds is 4. The molecule has 1 N–H and O–H groups in total. The van der Waals surface area contributed by atoms with Crippen LogP contribution in [0.25, 0.3) is 0 Å². The minimum atomic E-state index is 0.555. The van der Waals surface area contributed by atoms with Crippen LogP contribution in [0.3, 0.4) is 0 Å². The van der Waals surface area contributed by atoms with Gasteiger partial charge >= 0.3 is 0 Å². The van der Waals surface area contributed by atoms with Crippen LogP contribution < -0.4 is 5.32 Å². The van der Waals surface area contributed by atoms with E-state index in [4.69, 9.17) is 0 Å². The molecular weight excluding hydrogens is 220 g/mol. The summed E-state index contributed by atoms with van der Waals surface area (Å²) in [5.41, 5.74) is 0.555. The van der Waals surface area contributed by atoms with Gasteiger partial charge in [-0.1, -0.05) is 33.6 Å². The maximum atomic E-state index is 3.81. The summed E-state index contributed by atoms with van der Waals surface area (Å²) < 4.78 is 0. The van der Waals surface area contributed by atoms with E-state index in [2.05, 4.69) is 31.0 Å². The maximum absolute atomic E-state index is 3.81. The molecular formula is C16H32N2. The minimum absolute atomic E-state index is 0.555. The molecule has 18 heavy (non-hydrogen) atoms. The van der Waals surface area contributed by atoms with Gasteiger partial charge in [-0.25, -0.2) is 0 Å². The van der Waals surface area contributed by atoms with Crippen molar-refractivity contribution in [2.75, 3.05) is 26.2 Å². The second-order valence-electron chi connectivity index (χ2n) is 7.37. The SMILES string of the molecule is CC1CC(C)(C)CC1NCCN1CCCCCC1. The van der Waals surface area contributed by atoms with Crippen molar-refractivity contribution in [1.29, 1.82) is 0 Å². The smallest absolute Gasteiger partial charge is 0.0107 e. The topological polar surface area (TPSA) is 15.3 Å². The summed E-state index contributed by atoms with van der Waals surface area (Å²) in [6, 6.07) is 0.756. The lowest BCUT2D eigenvalue weighted by Crippen LogP contribution is -2.38. The third-order valence-corrected chi connectivity index (χ3v) is 4.87. The van der Waals surface area contributed by atoms with Crippen LogP contribution in [0.5, 0.6) is 0 Å². The van der Waals surface area contributed by atoms with Crippen molar-refractivity contribution in [2.24, 2.45) is 11.3 Å². The van der Waals surface area contributed by atoms with E-state index in [1.54, 1.807) is 0 Å². The molecule has 2 rings (SSSR count). The van der Waals surface area contributed by atoms with Gasteiger partial charge in [0.1, 0.15) is 0 Å². The molecule has 0 aromatic heterocycles. The maximum Gasteiger partial charge on any atom is 0.0107 e. The van der Waals surface area contributed by atoms with Gasteiger partial charge in [0.15, 0.2) is 0 Å². The van der Waals surface area contributed by atoms with Crippen molar-refractivity contribution < 1.29 is 0 Å². The molecule has 2 aliphatic rings. The molecule has 106 valence electrons. The van der Waals surface area contributed by atoms with Crippen molar-refractivity contribution in [3.63, 3.8) is 0 Å². The van der Waals surface area contributed by atoms with Gasteiger partial charge in [0.05, 0.1) is 0 Å². The first-order valence-corrected chi connectivity index (χ1v) is 8.03. The van der Waals surface area contributed by atoms with Crippen molar-refractivity contribution >= 4 is 0 Å². The van der Waals surface area contributed by atoms with E-state index >= 15 is 0 Å². The molecule has 2 unspecified atom stereocenters. The second kappa shape index (κ2) is 6.38. The number of likely N-dealkylation sites (tertiary alicyclic amines) is 1. The molecule has 0 radical (unpaired) electrons. The van der Waals surface area contributed by atoms with Gasteiger partial charge in [0.25, 0.3) is 0 Å². The fraction of sp³-hybridized carbons (Fsp3) is 1.00. The average Bonchev–Trinajstić information content (AvgIpc) is 2.50. The fourth-order valence-corrected chi connectivity index (χ4v) is 3.93. The summed E-state index contributed by atoms with van der Waals surface area (Å²) in [7, 11) is 0. The van der Waals surface area contributed by atoms with E-state index in [9.17, 15) is 0 Å². The summed E-state index contributed by atoms with van der Waals surface area (Å²) in [4.78, 5) is 2.66. The molecule has 0 bridgehead atoms. The molecule has 2 heteroatoms. The highest BCUT2D eigenvalue weighted by atomic mass is 15.1. The molecule has 1 aliphatic heterocycles. The minimum Gasteiger partial charge on any atom is -0.312 e. The first kappa shape index (κ1) is 14.3. The zero-order valence-corrected chi connectivity index (χ0v) is 12.7. The highest BCUT2D eigenvalue weighted by Gasteiger charge is 2.36. The summed E-state index contributed by atoms with van der Waals surface area (Å²) in [6.07, 6.45) is 8.44. The molecule has 0 aromatic carbocycles. The Kier molecular flexibility index (Phi) is 5.08. The van der Waals surface area contributed by atoms with Gasteiger partial charge in [0.2, 0.25) is 0 Å². The highest BCUT2D eigenvalue weighted by molar-refractivity contribution is 4.91. The second-order valence-corrected chi connectivity index (χ2v) is 7.37. The fourth-order valence-electron chi connectivity index (χ4n) is 3.93. The van der Waals surface area contributed by atoms with Gasteiger partial charge in [0, 0.05) is 19.1 Å². The summed E-state index contributed by atoms with van der Waals surface area (Å²) in [5, 5.41) is 3.81. The molecule has 1 heterocycles. The monoisotopic (exact) mass is 252 g/mol. The molecule has 1 saturated carbocycles.